The number of nitrogen functional groups attached to an aromatic ring is 2. The van der Waals surface area contributed by atoms with Crippen LogP contribution in [0.15, 0.2) is 48.5 Å². The lowest BCUT2D eigenvalue weighted by atomic mass is 9.85. The van der Waals surface area contributed by atoms with Gasteiger partial charge in [0.1, 0.15) is 17.2 Å². The number of ether oxygens (including phenoxy) is 1. The molecule has 0 saturated heterocycles. The monoisotopic (exact) mass is 291 g/mol. The number of anilines is 2. The van der Waals surface area contributed by atoms with Crippen molar-refractivity contribution in [1.82, 2.24) is 15.2 Å². The summed E-state index contributed by atoms with van der Waals surface area (Å²) in [4.78, 5) is 4.04. The number of hydrogen-bond acceptors (Lipinski definition) is 6. The molecule has 0 atom stereocenters. The fraction of sp³-hybridized carbons (Fsp3) is 0.0625. The molecule has 0 fully saturated rings. The zero-order chi connectivity index (χ0) is 15.1. The Morgan fingerprint density at radius 3 is 2.00 bits per heavy atom. The molecule has 0 aliphatic carbocycles. The number of fused-ring (bicyclic) bond motifs is 2. The van der Waals surface area contributed by atoms with Crippen LogP contribution >= 0.6 is 0 Å². The summed E-state index contributed by atoms with van der Waals surface area (Å²) in [6.45, 7) is 0. The topological polar surface area (TPSA) is 99.9 Å². The number of para-hydroxylation sites is 2. The van der Waals surface area contributed by atoms with Crippen LogP contribution < -0.4 is 16.2 Å². The maximum Gasteiger partial charge on any atom is 0.242 e. The first-order chi connectivity index (χ1) is 10.7. The minimum absolute atomic E-state index is 0.0647. The van der Waals surface area contributed by atoms with Crippen LogP contribution in [0.1, 0.15) is 22.7 Å². The van der Waals surface area contributed by atoms with Crippen molar-refractivity contribution in [2.45, 2.75) is 5.92 Å². The van der Waals surface area contributed by atoms with Crippen LogP contribution in [0.3, 0.4) is 0 Å². The Bertz CT molecular complexity index is 819. The Hall–Kier alpha value is -3.15. The Balaban J connectivity index is 1.98. The molecule has 0 amide bonds. The summed E-state index contributed by atoms with van der Waals surface area (Å²) < 4.78 is 5.96. The quantitative estimate of drug-likeness (QED) is 0.558. The van der Waals surface area contributed by atoms with Gasteiger partial charge >= 0.3 is 0 Å². The molecule has 6 nitrogen and oxygen atoms in total. The Kier molecular flexibility index (Phi) is 2.69. The molecule has 3 aromatic rings. The number of rotatable bonds is 1. The Morgan fingerprint density at radius 2 is 1.41 bits per heavy atom. The second-order valence-corrected chi connectivity index (χ2v) is 5.05. The van der Waals surface area contributed by atoms with E-state index < -0.39 is 0 Å². The maximum atomic E-state index is 6.03. The molecule has 108 valence electrons. The molecule has 2 heterocycles. The first-order valence-electron chi connectivity index (χ1n) is 6.85. The first-order valence-corrected chi connectivity index (χ1v) is 6.85. The van der Waals surface area contributed by atoms with Crippen molar-refractivity contribution in [3.8, 4) is 11.5 Å². The van der Waals surface area contributed by atoms with Crippen LogP contribution in [-0.2, 0) is 0 Å². The van der Waals surface area contributed by atoms with E-state index in [1.165, 1.54) is 0 Å². The fourth-order valence-corrected chi connectivity index (χ4v) is 2.77. The van der Waals surface area contributed by atoms with E-state index in [-0.39, 0.29) is 17.7 Å². The molecular weight excluding hydrogens is 278 g/mol. The van der Waals surface area contributed by atoms with Crippen molar-refractivity contribution >= 4 is 11.8 Å². The molecule has 0 unspecified atom stereocenters. The zero-order valence-electron chi connectivity index (χ0n) is 11.6. The molecule has 0 spiro atoms. The zero-order valence-corrected chi connectivity index (χ0v) is 11.6. The van der Waals surface area contributed by atoms with E-state index in [0.717, 1.165) is 22.6 Å². The van der Waals surface area contributed by atoms with Crippen LogP contribution in [0, 0.1) is 0 Å². The maximum absolute atomic E-state index is 6.03. The number of nitrogens with two attached hydrogens (primary N) is 2. The van der Waals surface area contributed by atoms with Crippen molar-refractivity contribution in [2.24, 2.45) is 0 Å². The van der Waals surface area contributed by atoms with Crippen LogP contribution in [0.25, 0.3) is 0 Å². The minimum Gasteiger partial charge on any atom is -0.457 e. The Labute approximate surface area is 126 Å². The second-order valence-electron chi connectivity index (χ2n) is 5.05. The number of hydrogen-bond donors (Lipinski definition) is 2. The molecule has 0 radical (unpaired) electrons. The number of nitrogens with zero attached hydrogens (tertiary/aromatic N) is 3. The highest BCUT2D eigenvalue weighted by Gasteiger charge is 2.31. The predicted octanol–water partition coefficient (Wildman–Crippen LogP) is 2.32. The van der Waals surface area contributed by atoms with Crippen LogP contribution in [0.2, 0.25) is 0 Å². The highest BCUT2D eigenvalue weighted by molar-refractivity contribution is 5.60. The molecule has 1 aromatic heterocycles. The van der Waals surface area contributed by atoms with Gasteiger partial charge in [0.15, 0.2) is 5.82 Å². The summed E-state index contributed by atoms with van der Waals surface area (Å²) in [6.07, 6.45) is 0. The van der Waals surface area contributed by atoms with Gasteiger partial charge in [-0.1, -0.05) is 36.4 Å². The van der Waals surface area contributed by atoms with Gasteiger partial charge in [-0.05, 0) is 12.1 Å². The van der Waals surface area contributed by atoms with Gasteiger partial charge in [-0.25, -0.2) is 0 Å². The van der Waals surface area contributed by atoms with E-state index in [0.29, 0.717) is 5.69 Å². The van der Waals surface area contributed by atoms with E-state index >= 15 is 0 Å². The summed E-state index contributed by atoms with van der Waals surface area (Å²) in [5.74, 6) is 1.73. The second kappa shape index (κ2) is 4.70. The minimum atomic E-state index is -0.179. The Morgan fingerprint density at radius 1 is 0.818 bits per heavy atom. The molecule has 1 aliphatic heterocycles. The van der Waals surface area contributed by atoms with Crippen molar-refractivity contribution in [3.63, 3.8) is 0 Å². The fourth-order valence-electron chi connectivity index (χ4n) is 2.77. The third-order valence-electron chi connectivity index (χ3n) is 3.71. The van der Waals surface area contributed by atoms with Crippen molar-refractivity contribution in [3.05, 3.63) is 65.4 Å². The molecule has 22 heavy (non-hydrogen) atoms. The van der Waals surface area contributed by atoms with Gasteiger partial charge in [0.2, 0.25) is 5.95 Å². The third-order valence-corrected chi connectivity index (χ3v) is 3.71. The lowest BCUT2D eigenvalue weighted by Crippen LogP contribution is -2.16. The highest BCUT2D eigenvalue weighted by atomic mass is 16.5. The average Bonchev–Trinajstić information content (AvgIpc) is 2.53. The SMILES string of the molecule is Nc1nnc(C2c3ccccc3Oc3ccccc32)c(N)n1. The largest absolute Gasteiger partial charge is 0.457 e. The molecule has 6 heteroatoms. The van der Waals surface area contributed by atoms with Gasteiger partial charge in [-0.2, -0.15) is 4.98 Å². The molecule has 0 saturated carbocycles. The van der Waals surface area contributed by atoms with Crippen LogP contribution in [0.4, 0.5) is 11.8 Å². The predicted molar refractivity (Wildman–Crippen MR) is 82.6 cm³/mol. The summed E-state index contributed by atoms with van der Waals surface area (Å²) in [5, 5.41) is 8.04. The van der Waals surface area contributed by atoms with Crippen LogP contribution in [-0.4, -0.2) is 15.2 Å². The lowest BCUT2D eigenvalue weighted by Gasteiger charge is -2.27. The van der Waals surface area contributed by atoms with E-state index in [4.69, 9.17) is 16.2 Å². The summed E-state index contributed by atoms with van der Waals surface area (Å²) in [5.41, 5.74) is 14.1. The number of benzene rings is 2. The van der Waals surface area contributed by atoms with E-state index in [2.05, 4.69) is 15.2 Å². The summed E-state index contributed by atoms with van der Waals surface area (Å²) in [6, 6.07) is 15.6. The van der Waals surface area contributed by atoms with Crippen molar-refractivity contribution in [1.29, 1.82) is 0 Å². The first kappa shape index (κ1) is 12.6. The summed E-state index contributed by atoms with van der Waals surface area (Å²) in [7, 11) is 0. The average molecular weight is 291 g/mol. The van der Waals surface area contributed by atoms with E-state index in [9.17, 15) is 0 Å². The van der Waals surface area contributed by atoms with Gasteiger partial charge in [0.05, 0.1) is 5.92 Å². The van der Waals surface area contributed by atoms with Crippen LogP contribution in [0.5, 0.6) is 11.5 Å². The lowest BCUT2D eigenvalue weighted by molar-refractivity contribution is 0.451. The van der Waals surface area contributed by atoms with Gasteiger partial charge in [0, 0.05) is 11.1 Å². The molecule has 1 aliphatic rings. The standard InChI is InChI=1S/C16H13N5O/c17-15-14(20-21-16(18)19-15)13-9-5-1-3-7-11(9)22-12-8-4-2-6-10(12)13/h1-8,13H,(H4,17,18,19,21). The van der Waals surface area contributed by atoms with Gasteiger partial charge in [-0.3, -0.25) is 0 Å². The van der Waals surface area contributed by atoms with E-state index in [1.807, 2.05) is 48.5 Å². The molecule has 4 N–H and O–H groups in total. The molecule has 2 aromatic carbocycles. The van der Waals surface area contributed by atoms with Crippen molar-refractivity contribution in [2.75, 3.05) is 11.5 Å². The normalized spacial score (nSPS) is 13.1. The van der Waals surface area contributed by atoms with Gasteiger partial charge in [0.25, 0.3) is 0 Å². The van der Waals surface area contributed by atoms with Gasteiger partial charge in [-0.15, -0.1) is 10.2 Å². The number of aromatic nitrogens is 3. The van der Waals surface area contributed by atoms with E-state index in [1.54, 1.807) is 0 Å². The van der Waals surface area contributed by atoms with Gasteiger partial charge < -0.3 is 16.2 Å². The molecule has 0 bridgehead atoms. The summed E-state index contributed by atoms with van der Waals surface area (Å²) >= 11 is 0. The molecule has 4 rings (SSSR count). The third kappa shape index (κ3) is 1.85. The smallest absolute Gasteiger partial charge is 0.242 e. The van der Waals surface area contributed by atoms with Crippen molar-refractivity contribution < 1.29 is 4.74 Å². The highest BCUT2D eigenvalue weighted by Crippen LogP contribution is 2.47. The molecular formula is C16H13N5O.